The molecule has 0 bridgehead atoms. The molecule has 2 heterocycles. The molecule has 0 saturated heterocycles. The number of carbonyl (C=O) groups is 1. The van der Waals surface area contributed by atoms with Crippen molar-refractivity contribution < 1.29 is 19.0 Å². The number of methoxy groups -OCH3 is 2. The van der Waals surface area contributed by atoms with Crippen LogP contribution in [0.1, 0.15) is 24.1 Å². The number of fused-ring (bicyclic) bond motifs is 1. The van der Waals surface area contributed by atoms with Crippen molar-refractivity contribution in [3.05, 3.63) is 66.0 Å². The number of ether oxygens (including phenoxy) is 3. The van der Waals surface area contributed by atoms with Gasteiger partial charge in [-0.25, -0.2) is 9.67 Å². The second kappa shape index (κ2) is 8.36. The van der Waals surface area contributed by atoms with Gasteiger partial charge in [-0.1, -0.05) is 42.5 Å². The Bertz CT molecular complexity index is 1080. The van der Waals surface area contributed by atoms with Gasteiger partial charge in [-0.2, -0.15) is 10.1 Å². The number of rotatable bonds is 6. The van der Waals surface area contributed by atoms with Gasteiger partial charge in [-0.05, 0) is 18.6 Å². The lowest BCUT2D eigenvalue weighted by Crippen LogP contribution is -2.37. The maximum Gasteiger partial charge on any atom is 0.317 e. The van der Waals surface area contributed by atoms with E-state index in [9.17, 15) is 4.79 Å². The second-order valence-electron chi connectivity index (χ2n) is 6.86. The number of hydrogen-bond donors (Lipinski definition) is 0. The lowest BCUT2D eigenvalue weighted by molar-refractivity contribution is -0.148. The van der Waals surface area contributed by atoms with Crippen LogP contribution in [0.5, 0.6) is 11.5 Å². The van der Waals surface area contributed by atoms with Crippen LogP contribution in [0.2, 0.25) is 0 Å². The van der Waals surface area contributed by atoms with Crippen LogP contribution in [0, 0.1) is 5.92 Å². The molecule has 4 rings (SSSR count). The number of benzene rings is 2. The van der Waals surface area contributed by atoms with E-state index in [2.05, 4.69) is 15.1 Å². The fourth-order valence-corrected chi connectivity index (χ4v) is 3.69. The van der Waals surface area contributed by atoms with Crippen LogP contribution in [0.25, 0.3) is 0 Å². The molecule has 8 nitrogen and oxygen atoms in total. The largest absolute Gasteiger partial charge is 0.493 e. The third kappa shape index (κ3) is 3.52. The molecule has 2 atom stereocenters. The van der Waals surface area contributed by atoms with Gasteiger partial charge in [-0.3, -0.25) is 4.79 Å². The van der Waals surface area contributed by atoms with Gasteiger partial charge in [-0.15, -0.1) is 0 Å². The molecule has 2 aromatic carbocycles. The van der Waals surface area contributed by atoms with E-state index in [-0.39, 0.29) is 6.61 Å². The average Bonchev–Trinajstić information content (AvgIpc) is 3.24. The molecule has 3 aromatic rings. The Balaban J connectivity index is 1.74. The Morgan fingerprint density at radius 1 is 1.07 bits per heavy atom. The van der Waals surface area contributed by atoms with Crippen molar-refractivity contribution in [2.75, 3.05) is 14.2 Å². The van der Waals surface area contributed by atoms with Gasteiger partial charge in [0.05, 0.1) is 14.2 Å². The molecular weight excluding hydrogens is 384 g/mol. The predicted molar refractivity (Wildman–Crippen MR) is 110 cm³/mol. The third-order valence-electron chi connectivity index (χ3n) is 5.09. The average molecular weight is 406 g/mol. The molecule has 30 heavy (non-hydrogen) atoms. The lowest BCUT2D eigenvalue weighted by Gasteiger charge is -2.31. The van der Waals surface area contributed by atoms with E-state index in [0.717, 1.165) is 11.1 Å². The first kappa shape index (κ1) is 19.6. The minimum Gasteiger partial charge on any atom is -0.493 e. The van der Waals surface area contributed by atoms with Crippen LogP contribution in [-0.2, 0) is 16.1 Å². The molecule has 0 amide bonds. The van der Waals surface area contributed by atoms with Gasteiger partial charge in [0, 0.05) is 11.3 Å². The summed E-state index contributed by atoms with van der Waals surface area (Å²) in [6, 6.07) is 14.5. The van der Waals surface area contributed by atoms with Crippen molar-refractivity contribution >= 4 is 17.6 Å². The van der Waals surface area contributed by atoms with Crippen LogP contribution in [0.15, 0.2) is 59.9 Å². The van der Waals surface area contributed by atoms with E-state index in [4.69, 9.17) is 14.2 Å². The van der Waals surface area contributed by atoms with E-state index >= 15 is 0 Å². The van der Waals surface area contributed by atoms with Crippen LogP contribution >= 0.6 is 0 Å². The zero-order chi connectivity index (χ0) is 21.1. The summed E-state index contributed by atoms with van der Waals surface area (Å²) in [7, 11) is 3.14. The first-order valence-corrected chi connectivity index (χ1v) is 9.50. The van der Waals surface area contributed by atoms with Crippen molar-refractivity contribution in [1.29, 1.82) is 0 Å². The van der Waals surface area contributed by atoms with Crippen molar-refractivity contribution in [2.45, 2.75) is 19.6 Å². The van der Waals surface area contributed by atoms with E-state index in [1.165, 1.54) is 6.33 Å². The van der Waals surface area contributed by atoms with E-state index in [0.29, 0.717) is 23.2 Å². The van der Waals surface area contributed by atoms with E-state index in [1.54, 1.807) is 31.9 Å². The number of esters is 1. The zero-order valence-electron chi connectivity index (χ0n) is 17.0. The normalized spacial score (nSPS) is 17.6. The number of aromatic nitrogens is 3. The topological polar surface area (TPSA) is 87.8 Å². The summed E-state index contributed by atoms with van der Waals surface area (Å²) in [5, 5.41) is 4.33. The Kier molecular flexibility index (Phi) is 5.47. The fraction of sp³-hybridized carbons (Fsp3) is 0.273. The zero-order valence-corrected chi connectivity index (χ0v) is 17.0. The SMILES string of the molecule is COc1cccc(C2C(C(=O)OCc3ccccc3)C(C)=Nc3ncnn32)c1OC. The molecular formula is C22H22N4O4. The van der Waals surface area contributed by atoms with Crippen LogP contribution in [0.4, 0.5) is 5.95 Å². The van der Waals surface area contributed by atoms with Crippen molar-refractivity contribution in [3.63, 3.8) is 0 Å². The molecule has 1 aliphatic rings. The second-order valence-corrected chi connectivity index (χ2v) is 6.86. The van der Waals surface area contributed by atoms with Crippen LogP contribution in [-0.4, -0.2) is 40.7 Å². The van der Waals surface area contributed by atoms with Gasteiger partial charge in [0.1, 0.15) is 24.9 Å². The molecule has 154 valence electrons. The molecule has 0 spiro atoms. The highest BCUT2D eigenvalue weighted by Crippen LogP contribution is 2.43. The monoisotopic (exact) mass is 406 g/mol. The number of nitrogens with zero attached hydrogens (tertiary/aromatic N) is 4. The molecule has 0 fully saturated rings. The number of aliphatic imine (C=N–C) groups is 1. The van der Waals surface area contributed by atoms with Crippen molar-refractivity contribution in [3.8, 4) is 11.5 Å². The van der Waals surface area contributed by atoms with Crippen LogP contribution in [0.3, 0.4) is 0 Å². The third-order valence-corrected chi connectivity index (χ3v) is 5.09. The van der Waals surface area contributed by atoms with Crippen molar-refractivity contribution in [2.24, 2.45) is 10.9 Å². The molecule has 0 radical (unpaired) electrons. The summed E-state index contributed by atoms with van der Waals surface area (Å²) in [6.07, 6.45) is 1.42. The van der Waals surface area contributed by atoms with Gasteiger partial charge in [0.15, 0.2) is 11.5 Å². The summed E-state index contributed by atoms with van der Waals surface area (Å²) < 4.78 is 18.4. The van der Waals surface area contributed by atoms with E-state index < -0.39 is 17.9 Å². The van der Waals surface area contributed by atoms with Crippen molar-refractivity contribution in [1.82, 2.24) is 14.8 Å². The highest BCUT2D eigenvalue weighted by atomic mass is 16.5. The van der Waals surface area contributed by atoms with Gasteiger partial charge in [0.2, 0.25) is 5.95 Å². The molecule has 1 aliphatic heterocycles. The standard InChI is InChI=1S/C22H22N4O4/c1-14-18(21(27)30-12-15-8-5-4-6-9-15)19(26-22(25-14)23-13-24-26)16-10-7-11-17(28-2)20(16)29-3/h4-11,13,18-19H,12H2,1-3H3. The predicted octanol–water partition coefficient (Wildman–Crippen LogP) is 3.35. The molecule has 1 aromatic heterocycles. The Hall–Kier alpha value is -3.68. The van der Waals surface area contributed by atoms with E-state index in [1.807, 2.05) is 42.5 Å². The summed E-state index contributed by atoms with van der Waals surface area (Å²) >= 11 is 0. The summed E-state index contributed by atoms with van der Waals surface area (Å²) in [6.45, 7) is 1.97. The number of hydrogen-bond acceptors (Lipinski definition) is 7. The Morgan fingerprint density at radius 2 is 1.87 bits per heavy atom. The molecule has 8 heteroatoms. The fourth-order valence-electron chi connectivity index (χ4n) is 3.69. The Labute approximate surface area is 174 Å². The minimum atomic E-state index is -0.691. The highest BCUT2D eigenvalue weighted by molar-refractivity contribution is 6.03. The van der Waals surface area contributed by atoms with Crippen LogP contribution < -0.4 is 9.47 Å². The smallest absolute Gasteiger partial charge is 0.317 e. The summed E-state index contributed by atoms with van der Waals surface area (Å²) in [5.74, 6) is 0.435. The first-order chi connectivity index (χ1) is 14.6. The highest BCUT2D eigenvalue weighted by Gasteiger charge is 2.41. The molecule has 2 unspecified atom stereocenters. The molecule has 0 saturated carbocycles. The maximum atomic E-state index is 13.2. The summed E-state index contributed by atoms with van der Waals surface area (Å²) in [5.41, 5.74) is 2.25. The van der Waals surface area contributed by atoms with Gasteiger partial charge in [0.25, 0.3) is 0 Å². The Morgan fingerprint density at radius 3 is 2.60 bits per heavy atom. The summed E-state index contributed by atoms with van der Waals surface area (Å²) in [4.78, 5) is 21.9. The van der Waals surface area contributed by atoms with Gasteiger partial charge < -0.3 is 14.2 Å². The quantitative estimate of drug-likeness (QED) is 0.584. The number of carbonyl (C=O) groups excluding carboxylic acids is 1. The minimum absolute atomic E-state index is 0.176. The maximum absolute atomic E-state index is 13.2. The number of para-hydroxylation sites is 1. The lowest BCUT2D eigenvalue weighted by atomic mass is 9.87. The molecule has 0 aliphatic carbocycles. The molecule has 0 N–H and O–H groups in total. The first-order valence-electron chi connectivity index (χ1n) is 9.50. The van der Waals surface area contributed by atoms with Gasteiger partial charge >= 0.3 is 5.97 Å².